The second kappa shape index (κ2) is 9.84. The summed E-state index contributed by atoms with van der Waals surface area (Å²) in [5.41, 5.74) is 5.57. The number of imidazole rings is 1. The lowest BCUT2D eigenvalue weighted by atomic mass is 10.00. The van der Waals surface area contributed by atoms with E-state index in [0.29, 0.717) is 42.2 Å². The molecule has 206 valence electrons. The first-order valence-corrected chi connectivity index (χ1v) is 15.3. The molecule has 5 heterocycles. The lowest BCUT2D eigenvalue weighted by Gasteiger charge is -2.33. The quantitative estimate of drug-likeness (QED) is 0.267. The van der Waals surface area contributed by atoms with Gasteiger partial charge >= 0.3 is 0 Å². The van der Waals surface area contributed by atoms with E-state index in [9.17, 15) is 9.59 Å². The number of carbonyl (C=O) groups is 2. The second-order valence-corrected chi connectivity index (χ2v) is 12.5. The summed E-state index contributed by atoms with van der Waals surface area (Å²) in [5, 5.41) is 2.11. The maximum absolute atomic E-state index is 15.5. The Bertz CT molecular complexity index is 1640. The van der Waals surface area contributed by atoms with Crippen LogP contribution in [0.3, 0.4) is 0 Å². The smallest absolute Gasteiger partial charge is 0.255 e. The van der Waals surface area contributed by atoms with Crippen LogP contribution in [0, 0.1) is 11.7 Å². The Labute approximate surface area is 237 Å². The largest absolute Gasteiger partial charge is 0.371 e. The van der Waals surface area contributed by atoms with Crippen LogP contribution in [0.15, 0.2) is 48.1 Å². The van der Waals surface area contributed by atoms with Crippen molar-refractivity contribution < 1.29 is 14.0 Å². The number of thiophene rings is 1. The summed E-state index contributed by atoms with van der Waals surface area (Å²) in [5.74, 6) is 0.395. The van der Waals surface area contributed by atoms with Gasteiger partial charge in [-0.05, 0) is 85.4 Å². The van der Waals surface area contributed by atoms with Crippen LogP contribution >= 0.6 is 11.3 Å². The summed E-state index contributed by atoms with van der Waals surface area (Å²) < 4.78 is 17.4. The van der Waals surface area contributed by atoms with E-state index in [1.165, 1.54) is 10.4 Å². The molecule has 40 heavy (non-hydrogen) atoms. The third-order valence-electron chi connectivity index (χ3n) is 8.97. The molecule has 0 radical (unpaired) electrons. The van der Waals surface area contributed by atoms with E-state index in [1.54, 1.807) is 23.5 Å². The minimum absolute atomic E-state index is 0.0316. The molecule has 0 unspecified atom stereocenters. The highest BCUT2D eigenvalue weighted by Crippen LogP contribution is 2.43. The van der Waals surface area contributed by atoms with Crippen LogP contribution in [0.2, 0.25) is 0 Å². The van der Waals surface area contributed by atoms with Crippen molar-refractivity contribution in [1.82, 2.24) is 14.3 Å². The molecule has 1 saturated heterocycles. The van der Waals surface area contributed by atoms with Gasteiger partial charge < -0.3 is 14.2 Å². The minimum Gasteiger partial charge on any atom is -0.371 e. The van der Waals surface area contributed by atoms with Gasteiger partial charge in [-0.3, -0.25) is 9.59 Å². The topological polar surface area (TPSA) is 57.9 Å². The van der Waals surface area contributed by atoms with Crippen LogP contribution in [-0.2, 0) is 11.2 Å². The van der Waals surface area contributed by atoms with E-state index in [4.69, 9.17) is 4.98 Å². The van der Waals surface area contributed by atoms with Crippen molar-refractivity contribution in [1.29, 1.82) is 0 Å². The molecule has 1 aliphatic carbocycles. The molecular formula is C32H33FN4O2S. The van der Waals surface area contributed by atoms with Gasteiger partial charge in [0.2, 0.25) is 0 Å². The maximum Gasteiger partial charge on any atom is 0.255 e. The van der Waals surface area contributed by atoms with E-state index in [-0.39, 0.29) is 29.5 Å². The number of pyridine rings is 1. The second-order valence-electron chi connectivity index (χ2n) is 11.5. The van der Waals surface area contributed by atoms with Crippen molar-refractivity contribution in [3.8, 4) is 11.3 Å². The Hall–Kier alpha value is -3.52. The Balaban J connectivity index is 1.19. The van der Waals surface area contributed by atoms with Gasteiger partial charge in [0.05, 0.1) is 17.3 Å². The molecule has 0 bridgehead atoms. The average Bonchev–Trinajstić information content (AvgIpc) is 3.32. The number of anilines is 1. The maximum atomic E-state index is 15.5. The van der Waals surface area contributed by atoms with E-state index < -0.39 is 0 Å². The summed E-state index contributed by atoms with van der Waals surface area (Å²) in [6, 6.07) is 9.47. The van der Waals surface area contributed by atoms with Gasteiger partial charge in [-0.2, -0.15) is 0 Å². The third kappa shape index (κ3) is 4.33. The molecule has 2 atom stereocenters. The van der Waals surface area contributed by atoms with Gasteiger partial charge in [0.1, 0.15) is 17.2 Å². The van der Waals surface area contributed by atoms with Gasteiger partial charge in [0, 0.05) is 60.5 Å². The number of halogens is 1. The zero-order valence-electron chi connectivity index (χ0n) is 22.9. The number of ketones is 1. The number of benzene rings is 1. The summed E-state index contributed by atoms with van der Waals surface area (Å²) in [6.45, 7) is 6.12. The molecule has 1 saturated carbocycles. The standard InChI is InChI=1S/C32H33FN4O2S/c1-3-29(38)21-8-11-35(16-21)23-6-7-25(27(33)15-23)28-18-36-17-22(14-26(20-4-5-20)31(36)34-28)32(39)37-12-9-30-24(19(37)2)10-13-40-30/h6-7,10,13-15,17-21H,3-5,8-9,11-12,16H2,1-2H3/t19-,21+/m1/s1. The summed E-state index contributed by atoms with van der Waals surface area (Å²) in [6.07, 6.45) is 8.11. The van der Waals surface area contributed by atoms with Crippen LogP contribution < -0.4 is 4.90 Å². The highest BCUT2D eigenvalue weighted by atomic mass is 32.1. The lowest BCUT2D eigenvalue weighted by Crippen LogP contribution is -2.38. The van der Waals surface area contributed by atoms with E-state index in [2.05, 4.69) is 23.3 Å². The van der Waals surface area contributed by atoms with Crippen LogP contribution in [-0.4, -0.2) is 45.6 Å². The number of hydrogen-bond acceptors (Lipinski definition) is 5. The fourth-order valence-corrected chi connectivity index (χ4v) is 7.44. The molecule has 2 fully saturated rings. The molecule has 0 N–H and O–H groups in total. The SMILES string of the molecule is CCC(=O)[C@H]1CCN(c2ccc(-c3cn4cc(C(=O)N5CCc6sccc6[C@H]5C)cc(C5CC5)c4n3)c(F)c2)C1. The van der Waals surface area contributed by atoms with E-state index >= 15 is 4.39 Å². The number of Topliss-reactive ketones (excluding diaryl/α,β-unsaturated/α-hetero) is 1. The lowest BCUT2D eigenvalue weighted by molar-refractivity contribution is -0.121. The molecule has 8 heteroatoms. The van der Waals surface area contributed by atoms with E-state index in [0.717, 1.165) is 49.1 Å². The van der Waals surface area contributed by atoms with Gasteiger partial charge in [0.15, 0.2) is 0 Å². The highest BCUT2D eigenvalue weighted by Gasteiger charge is 2.33. The number of nitrogens with zero attached hydrogens (tertiary/aromatic N) is 4. The highest BCUT2D eigenvalue weighted by molar-refractivity contribution is 7.10. The van der Waals surface area contributed by atoms with Crippen molar-refractivity contribution >= 4 is 34.4 Å². The molecule has 2 aliphatic heterocycles. The first-order chi connectivity index (χ1) is 19.4. The van der Waals surface area contributed by atoms with Crippen molar-refractivity contribution in [2.75, 3.05) is 24.5 Å². The van der Waals surface area contributed by atoms with Crippen molar-refractivity contribution in [3.63, 3.8) is 0 Å². The molecule has 3 aliphatic rings. The first kappa shape index (κ1) is 25.4. The third-order valence-corrected chi connectivity index (χ3v) is 9.96. The van der Waals surface area contributed by atoms with Crippen LogP contribution in [0.25, 0.3) is 16.9 Å². The molecule has 0 spiro atoms. The van der Waals surface area contributed by atoms with Crippen LogP contribution in [0.5, 0.6) is 0 Å². The molecule has 1 amide bonds. The number of hydrogen-bond donors (Lipinski definition) is 0. The predicted molar refractivity (Wildman–Crippen MR) is 156 cm³/mol. The Morgan fingerprint density at radius 3 is 2.70 bits per heavy atom. The predicted octanol–water partition coefficient (Wildman–Crippen LogP) is 6.64. The van der Waals surface area contributed by atoms with Gasteiger partial charge in [-0.1, -0.05) is 6.92 Å². The molecule has 7 rings (SSSR count). The normalized spacial score (nSPS) is 20.8. The van der Waals surface area contributed by atoms with Crippen molar-refractivity contribution in [2.45, 2.75) is 57.9 Å². The summed E-state index contributed by atoms with van der Waals surface area (Å²) >= 11 is 1.77. The van der Waals surface area contributed by atoms with Gasteiger partial charge in [-0.15, -0.1) is 11.3 Å². The minimum atomic E-state index is -0.329. The fraction of sp³-hybridized carbons (Fsp3) is 0.406. The van der Waals surface area contributed by atoms with Gasteiger partial charge in [0.25, 0.3) is 5.91 Å². The molecule has 3 aromatic heterocycles. The van der Waals surface area contributed by atoms with Gasteiger partial charge in [-0.25, -0.2) is 9.37 Å². The summed E-state index contributed by atoms with van der Waals surface area (Å²) in [4.78, 5) is 36.2. The number of aromatic nitrogens is 2. The number of amides is 1. The van der Waals surface area contributed by atoms with Crippen LogP contribution in [0.4, 0.5) is 10.1 Å². The molecule has 4 aromatic rings. The average molecular weight is 557 g/mol. The summed E-state index contributed by atoms with van der Waals surface area (Å²) in [7, 11) is 0. The van der Waals surface area contributed by atoms with Crippen LogP contribution in [0.1, 0.15) is 77.9 Å². The molecular weight excluding hydrogens is 523 g/mol. The molecule has 1 aromatic carbocycles. The Kier molecular flexibility index (Phi) is 6.26. The van der Waals surface area contributed by atoms with E-state index in [1.807, 2.05) is 40.8 Å². The first-order valence-electron chi connectivity index (χ1n) is 14.4. The number of fused-ring (bicyclic) bond motifs is 2. The fourth-order valence-electron chi connectivity index (χ4n) is 6.47. The zero-order valence-corrected chi connectivity index (χ0v) is 23.7. The number of rotatable bonds is 6. The molecule has 6 nitrogen and oxygen atoms in total. The Morgan fingerprint density at radius 1 is 1.07 bits per heavy atom. The van der Waals surface area contributed by atoms with Crippen molar-refractivity contribution in [3.05, 3.63) is 75.5 Å². The monoisotopic (exact) mass is 556 g/mol. The number of carbonyl (C=O) groups excluding carboxylic acids is 2. The zero-order chi connectivity index (χ0) is 27.5. The van der Waals surface area contributed by atoms with Crippen molar-refractivity contribution in [2.24, 2.45) is 5.92 Å². The Morgan fingerprint density at radius 2 is 1.93 bits per heavy atom.